The van der Waals surface area contributed by atoms with Gasteiger partial charge in [0.1, 0.15) is 5.40 Å². The van der Waals surface area contributed by atoms with Crippen molar-refractivity contribution in [2.45, 2.75) is 24.7 Å². The monoisotopic (exact) mass is 429 g/mol. The fraction of sp³-hybridized carbons (Fsp3) is 0.125. The highest BCUT2D eigenvalue weighted by Crippen LogP contribution is 2.26. The number of fused-ring (bicyclic) bond motifs is 1. The summed E-state index contributed by atoms with van der Waals surface area (Å²) in [6, 6.07) is 22.0. The van der Waals surface area contributed by atoms with Gasteiger partial charge in [0.2, 0.25) is 5.91 Å². The zero-order valence-electron chi connectivity index (χ0n) is 16.4. The van der Waals surface area contributed by atoms with Crippen LogP contribution in [0.2, 0.25) is 0 Å². The SMILES string of the molecule is Cc1nc(Cc2cccc3ccccc23)sc1CC(=O)Nc1ccc(SC#N)cc1. The molecule has 0 radical (unpaired) electrons. The first-order valence-electron chi connectivity index (χ1n) is 9.50. The van der Waals surface area contributed by atoms with E-state index in [0.717, 1.165) is 44.3 Å². The number of carbonyl (C=O) groups excluding carboxylic acids is 1. The van der Waals surface area contributed by atoms with Gasteiger partial charge in [0.15, 0.2) is 0 Å². The van der Waals surface area contributed by atoms with Crippen molar-refractivity contribution in [1.82, 2.24) is 4.98 Å². The molecule has 1 heterocycles. The highest BCUT2D eigenvalue weighted by molar-refractivity contribution is 8.03. The summed E-state index contributed by atoms with van der Waals surface area (Å²) < 4.78 is 0. The average molecular weight is 430 g/mol. The Balaban J connectivity index is 1.44. The molecule has 0 saturated carbocycles. The largest absolute Gasteiger partial charge is 0.326 e. The van der Waals surface area contributed by atoms with Crippen LogP contribution in [0.5, 0.6) is 0 Å². The predicted octanol–water partition coefficient (Wildman–Crippen LogP) is 5.95. The molecule has 4 nitrogen and oxygen atoms in total. The van der Waals surface area contributed by atoms with E-state index in [1.165, 1.54) is 16.3 Å². The Morgan fingerprint density at radius 2 is 1.87 bits per heavy atom. The molecule has 6 heteroatoms. The van der Waals surface area contributed by atoms with Crippen molar-refractivity contribution in [2.24, 2.45) is 0 Å². The maximum atomic E-state index is 12.5. The third-order valence-electron chi connectivity index (χ3n) is 4.78. The van der Waals surface area contributed by atoms with Crippen LogP contribution in [-0.4, -0.2) is 10.9 Å². The summed E-state index contributed by atoms with van der Waals surface area (Å²) in [5, 5.41) is 17.1. The minimum atomic E-state index is -0.0702. The van der Waals surface area contributed by atoms with Crippen molar-refractivity contribution in [3.63, 3.8) is 0 Å². The summed E-state index contributed by atoms with van der Waals surface area (Å²) in [6.45, 7) is 1.96. The minimum absolute atomic E-state index is 0.0702. The highest BCUT2D eigenvalue weighted by Gasteiger charge is 2.13. The van der Waals surface area contributed by atoms with Gasteiger partial charge in [-0.25, -0.2) is 4.98 Å². The number of hydrogen-bond acceptors (Lipinski definition) is 5. The lowest BCUT2D eigenvalue weighted by Gasteiger charge is -2.05. The molecule has 0 bridgehead atoms. The van der Waals surface area contributed by atoms with E-state index in [4.69, 9.17) is 10.2 Å². The molecule has 148 valence electrons. The van der Waals surface area contributed by atoms with E-state index in [0.29, 0.717) is 6.42 Å². The number of nitrogens with zero attached hydrogens (tertiary/aromatic N) is 2. The Hall–Kier alpha value is -3.14. The maximum absolute atomic E-state index is 12.5. The van der Waals surface area contributed by atoms with Crippen LogP contribution in [0.25, 0.3) is 10.8 Å². The first-order chi connectivity index (χ1) is 14.6. The highest BCUT2D eigenvalue weighted by atomic mass is 32.2. The smallest absolute Gasteiger partial charge is 0.229 e. The fourth-order valence-corrected chi connectivity index (χ4v) is 4.82. The van der Waals surface area contributed by atoms with Crippen LogP contribution in [0, 0.1) is 17.6 Å². The molecule has 0 unspecified atom stereocenters. The molecule has 3 aromatic carbocycles. The predicted molar refractivity (Wildman–Crippen MR) is 124 cm³/mol. The Morgan fingerprint density at radius 1 is 1.10 bits per heavy atom. The Kier molecular flexibility index (Phi) is 6.12. The van der Waals surface area contributed by atoms with Crippen molar-refractivity contribution in [2.75, 3.05) is 5.32 Å². The summed E-state index contributed by atoms with van der Waals surface area (Å²) >= 11 is 2.70. The lowest BCUT2D eigenvalue weighted by Crippen LogP contribution is -2.14. The van der Waals surface area contributed by atoms with Gasteiger partial charge in [0.05, 0.1) is 17.1 Å². The van der Waals surface area contributed by atoms with Crippen LogP contribution in [0.4, 0.5) is 5.69 Å². The first-order valence-corrected chi connectivity index (χ1v) is 11.1. The molecule has 1 aromatic heterocycles. The van der Waals surface area contributed by atoms with Crippen molar-refractivity contribution in [3.8, 4) is 5.40 Å². The lowest BCUT2D eigenvalue weighted by atomic mass is 10.0. The fourth-order valence-electron chi connectivity index (χ4n) is 3.35. The summed E-state index contributed by atoms with van der Waals surface area (Å²) in [5.74, 6) is -0.0702. The third-order valence-corrected chi connectivity index (χ3v) is 6.54. The molecule has 0 atom stereocenters. The molecular formula is C24H19N3OS2. The summed E-state index contributed by atoms with van der Waals surface area (Å²) in [5.41, 5.74) is 2.87. The number of aromatic nitrogens is 1. The number of rotatable bonds is 6. The second-order valence-electron chi connectivity index (χ2n) is 6.87. The third kappa shape index (κ3) is 4.70. The van der Waals surface area contributed by atoms with Gasteiger partial charge < -0.3 is 5.32 Å². The van der Waals surface area contributed by atoms with E-state index in [-0.39, 0.29) is 5.91 Å². The number of thiocyanates is 1. The summed E-state index contributed by atoms with van der Waals surface area (Å²) in [7, 11) is 0. The van der Waals surface area contributed by atoms with Crippen molar-refractivity contribution in [3.05, 3.63) is 87.9 Å². The van der Waals surface area contributed by atoms with Crippen LogP contribution in [0.15, 0.2) is 71.6 Å². The van der Waals surface area contributed by atoms with E-state index >= 15 is 0 Å². The molecule has 0 saturated heterocycles. The number of carbonyl (C=O) groups is 1. The van der Waals surface area contributed by atoms with Crippen LogP contribution < -0.4 is 5.32 Å². The Bertz CT molecular complexity index is 1230. The number of benzene rings is 3. The zero-order chi connectivity index (χ0) is 20.9. The average Bonchev–Trinajstić information content (AvgIpc) is 3.08. The molecule has 0 aliphatic carbocycles. The van der Waals surface area contributed by atoms with Gasteiger partial charge in [-0.15, -0.1) is 11.3 Å². The number of nitriles is 1. The summed E-state index contributed by atoms with van der Waals surface area (Å²) in [6.07, 6.45) is 1.06. The van der Waals surface area contributed by atoms with Crippen LogP contribution in [0.3, 0.4) is 0 Å². The molecule has 0 fully saturated rings. The van der Waals surface area contributed by atoms with Gasteiger partial charge in [-0.3, -0.25) is 4.79 Å². The number of aryl methyl sites for hydroxylation is 1. The van der Waals surface area contributed by atoms with Gasteiger partial charge >= 0.3 is 0 Å². The first kappa shape index (κ1) is 20.1. The van der Waals surface area contributed by atoms with E-state index in [1.54, 1.807) is 11.3 Å². The quantitative estimate of drug-likeness (QED) is 0.304. The minimum Gasteiger partial charge on any atom is -0.326 e. The second-order valence-corrected chi connectivity index (χ2v) is 8.90. The van der Waals surface area contributed by atoms with Gasteiger partial charge in [-0.2, -0.15) is 5.26 Å². The number of thiazole rings is 1. The molecule has 0 aliphatic heterocycles. The standard InChI is InChI=1S/C24H19N3OS2/c1-16-22(14-23(28)27-19-9-11-20(12-10-19)29-15-25)30-24(26-16)13-18-7-4-6-17-5-2-3-8-21(17)18/h2-12H,13-14H2,1H3,(H,27,28). The summed E-state index contributed by atoms with van der Waals surface area (Å²) in [4.78, 5) is 19.0. The molecule has 0 aliphatic rings. The van der Waals surface area contributed by atoms with Gasteiger partial charge in [0.25, 0.3) is 0 Å². The van der Waals surface area contributed by atoms with Crippen LogP contribution >= 0.6 is 23.1 Å². The van der Waals surface area contributed by atoms with Gasteiger partial charge in [-0.05, 0) is 59.3 Å². The van der Waals surface area contributed by atoms with E-state index in [1.807, 2.05) is 42.7 Å². The lowest BCUT2D eigenvalue weighted by molar-refractivity contribution is -0.115. The van der Waals surface area contributed by atoms with E-state index in [9.17, 15) is 4.79 Å². The molecule has 1 amide bonds. The van der Waals surface area contributed by atoms with Crippen molar-refractivity contribution in [1.29, 1.82) is 5.26 Å². The zero-order valence-corrected chi connectivity index (χ0v) is 18.0. The van der Waals surface area contributed by atoms with Crippen molar-refractivity contribution < 1.29 is 4.79 Å². The Morgan fingerprint density at radius 3 is 2.67 bits per heavy atom. The number of hydrogen-bond donors (Lipinski definition) is 1. The molecule has 4 aromatic rings. The molecule has 1 N–H and O–H groups in total. The van der Waals surface area contributed by atoms with Gasteiger partial charge in [0, 0.05) is 21.9 Å². The van der Waals surface area contributed by atoms with Crippen molar-refractivity contribution >= 4 is 45.5 Å². The van der Waals surface area contributed by atoms with E-state index in [2.05, 4.69) is 41.7 Å². The maximum Gasteiger partial charge on any atom is 0.229 e. The number of nitrogens with one attached hydrogen (secondary N) is 1. The molecule has 4 rings (SSSR count). The van der Waals surface area contributed by atoms with Gasteiger partial charge in [-0.1, -0.05) is 42.5 Å². The van der Waals surface area contributed by atoms with Crippen LogP contribution in [-0.2, 0) is 17.6 Å². The number of anilines is 1. The second kappa shape index (κ2) is 9.12. The number of thioether (sulfide) groups is 1. The molecular weight excluding hydrogens is 410 g/mol. The normalized spacial score (nSPS) is 10.7. The number of amides is 1. The Labute approximate surface area is 183 Å². The molecule has 0 spiro atoms. The van der Waals surface area contributed by atoms with Crippen LogP contribution in [0.1, 0.15) is 21.1 Å². The van der Waals surface area contributed by atoms with E-state index < -0.39 is 0 Å². The topological polar surface area (TPSA) is 65.8 Å². The molecule has 30 heavy (non-hydrogen) atoms.